The van der Waals surface area contributed by atoms with Crippen LogP contribution in [0.15, 0.2) is 59.3 Å². The Hall–Kier alpha value is -1.88. The number of amides is 1. The van der Waals surface area contributed by atoms with Crippen LogP contribution in [0.3, 0.4) is 0 Å². The lowest BCUT2D eigenvalue weighted by Gasteiger charge is -2.06. The van der Waals surface area contributed by atoms with Gasteiger partial charge in [0, 0.05) is 16.9 Å². The van der Waals surface area contributed by atoms with E-state index in [1.165, 1.54) is 0 Å². The van der Waals surface area contributed by atoms with Crippen molar-refractivity contribution >= 4 is 22.0 Å². The minimum absolute atomic E-state index is 0.0718. The second-order valence-corrected chi connectivity index (χ2v) is 4.80. The second-order valence-electron chi connectivity index (χ2n) is 3.89. The first-order chi connectivity index (χ1) is 9.25. The van der Waals surface area contributed by atoms with Crippen molar-refractivity contribution in [1.82, 2.24) is 10.3 Å². The maximum absolute atomic E-state index is 10.7. The lowest BCUT2D eigenvalue weighted by Crippen LogP contribution is -2.18. The van der Waals surface area contributed by atoms with Crippen molar-refractivity contribution in [2.45, 2.75) is 6.04 Å². The Morgan fingerprint density at radius 2 is 1.79 bits per heavy atom. The molecule has 4 nitrogen and oxygen atoms in total. The monoisotopic (exact) mass is 320 g/mol. The fourth-order valence-corrected chi connectivity index (χ4v) is 1.95. The van der Waals surface area contributed by atoms with E-state index in [4.69, 9.17) is 4.74 Å². The summed E-state index contributed by atoms with van der Waals surface area (Å²) in [7, 11) is 0. The predicted octanol–water partition coefficient (Wildman–Crippen LogP) is 3.31. The lowest BCUT2D eigenvalue weighted by molar-refractivity contribution is 0.177. The average Bonchev–Trinajstić information content (AvgIpc) is 2.88. The molecule has 1 amide bonds. The van der Waals surface area contributed by atoms with E-state index >= 15 is 0 Å². The minimum Gasteiger partial charge on any atom is -0.447 e. The summed E-state index contributed by atoms with van der Waals surface area (Å²) in [5.74, 6) is 0. The Kier molecular flexibility index (Phi) is 4.92. The maximum atomic E-state index is 10.7. The van der Waals surface area contributed by atoms with Gasteiger partial charge in [0.1, 0.15) is 6.61 Å². The lowest BCUT2D eigenvalue weighted by atomic mass is 10.1. The van der Waals surface area contributed by atoms with Gasteiger partial charge in [-0.1, -0.05) is 36.4 Å². The van der Waals surface area contributed by atoms with Crippen LogP contribution in [-0.4, -0.2) is 17.7 Å². The quantitative estimate of drug-likeness (QED) is 0.877. The molecular weight excluding hydrogens is 308 g/mol. The van der Waals surface area contributed by atoms with Gasteiger partial charge in [-0.05, 0) is 27.6 Å². The van der Waals surface area contributed by atoms with E-state index in [1.54, 1.807) is 12.4 Å². The maximum Gasteiger partial charge on any atom is 0.407 e. The highest BCUT2D eigenvalue weighted by Gasteiger charge is 2.23. The summed E-state index contributed by atoms with van der Waals surface area (Å²) in [5.41, 5.74) is 0.945. The number of carbonyl (C=O) groups is 1. The van der Waals surface area contributed by atoms with Crippen LogP contribution in [0.25, 0.3) is 0 Å². The highest BCUT2D eigenvalue weighted by molar-refractivity contribution is 9.10. The zero-order valence-corrected chi connectivity index (χ0v) is 11.7. The molecule has 1 saturated heterocycles. The number of ether oxygens (including phenoxy) is 1. The van der Waals surface area contributed by atoms with Crippen molar-refractivity contribution in [2.24, 2.45) is 0 Å². The van der Waals surface area contributed by atoms with Crippen molar-refractivity contribution in [3.8, 4) is 0 Å². The molecule has 0 unspecified atom stereocenters. The van der Waals surface area contributed by atoms with Crippen LogP contribution in [0.1, 0.15) is 11.6 Å². The number of benzene rings is 1. The van der Waals surface area contributed by atoms with Crippen LogP contribution in [0, 0.1) is 0 Å². The standard InChI is InChI=1S/C8H7BrN2O2.C6H6/c9-6-1-5(2-10-3-6)7-4-13-8(12)11-7;1-2-4-6-5-3-1/h1-3,7H,4H2,(H,11,12);1-6H/t7-;/m0./s1. The smallest absolute Gasteiger partial charge is 0.407 e. The van der Waals surface area contributed by atoms with E-state index in [2.05, 4.69) is 26.2 Å². The second kappa shape index (κ2) is 6.89. The molecule has 0 saturated carbocycles. The molecule has 5 heteroatoms. The molecule has 3 rings (SSSR count). The summed E-state index contributed by atoms with van der Waals surface area (Å²) in [5, 5.41) is 2.68. The van der Waals surface area contributed by atoms with E-state index in [9.17, 15) is 4.79 Å². The van der Waals surface area contributed by atoms with Crippen LogP contribution in [0.2, 0.25) is 0 Å². The number of hydrogen-bond acceptors (Lipinski definition) is 3. The normalized spacial score (nSPS) is 16.9. The summed E-state index contributed by atoms with van der Waals surface area (Å²) in [6.07, 6.45) is 3.04. The van der Waals surface area contributed by atoms with Gasteiger partial charge >= 0.3 is 6.09 Å². The number of rotatable bonds is 1. The molecule has 1 aliphatic heterocycles. The molecule has 2 heterocycles. The van der Waals surface area contributed by atoms with Gasteiger partial charge in [0.15, 0.2) is 0 Å². The zero-order chi connectivity index (χ0) is 13.5. The van der Waals surface area contributed by atoms with Crippen LogP contribution in [-0.2, 0) is 4.74 Å². The molecule has 2 aromatic rings. The number of pyridine rings is 1. The van der Waals surface area contributed by atoms with Gasteiger partial charge in [-0.2, -0.15) is 0 Å². The van der Waals surface area contributed by atoms with Crippen molar-refractivity contribution in [3.63, 3.8) is 0 Å². The molecule has 1 aliphatic rings. The summed E-state index contributed by atoms with van der Waals surface area (Å²) in [4.78, 5) is 14.7. The predicted molar refractivity (Wildman–Crippen MR) is 75.6 cm³/mol. The average molecular weight is 321 g/mol. The molecule has 1 aromatic heterocycles. The molecule has 0 spiro atoms. The fourth-order valence-electron chi connectivity index (χ4n) is 1.57. The Bertz CT molecular complexity index is 507. The van der Waals surface area contributed by atoms with E-state index in [-0.39, 0.29) is 12.1 Å². The van der Waals surface area contributed by atoms with Gasteiger partial charge in [-0.3, -0.25) is 4.98 Å². The third-order valence-electron chi connectivity index (χ3n) is 2.47. The third kappa shape index (κ3) is 4.37. The van der Waals surface area contributed by atoms with E-state index in [0.29, 0.717) is 6.61 Å². The molecule has 0 bridgehead atoms. The highest BCUT2D eigenvalue weighted by Crippen LogP contribution is 2.19. The fraction of sp³-hybridized carbons (Fsp3) is 0.143. The summed E-state index contributed by atoms with van der Waals surface area (Å²) in [6.45, 7) is 0.372. The van der Waals surface area contributed by atoms with E-state index < -0.39 is 0 Å². The molecule has 1 fully saturated rings. The minimum atomic E-state index is -0.370. The first-order valence-electron chi connectivity index (χ1n) is 5.79. The van der Waals surface area contributed by atoms with Gasteiger partial charge in [-0.15, -0.1) is 0 Å². The Morgan fingerprint density at radius 1 is 1.16 bits per heavy atom. The molecule has 0 radical (unpaired) electrons. The Labute approximate surface area is 119 Å². The molecule has 0 aliphatic carbocycles. The van der Waals surface area contributed by atoms with Crippen LogP contribution in [0.4, 0.5) is 4.79 Å². The van der Waals surface area contributed by atoms with Crippen LogP contribution in [0.5, 0.6) is 0 Å². The third-order valence-corrected chi connectivity index (χ3v) is 2.90. The zero-order valence-electron chi connectivity index (χ0n) is 10.1. The number of halogens is 1. The van der Waals surface area contributed by atoms with Gasteiger partial charge in [0.25, 0.3) is 0 Å². The first-order valence-corrected chi connectivity index (χ1v) is 6.59. The number of nitrogens with zero attached hydrogens (tertiary/aromatic N) is 1. The number of alkyl carbamates (subject to hydrolysis) is 1. The van der Waals surface area contributed by atoms with Crippen molar-refractivity contribution in [1.29, 1.82) is 0 Å². The Morgan fingerprint density at radius 3 is 2.26 bits per heavy atom. The molecule has 19 heavy (non-hydrogen) atoms. The first kappa shape index (κ1) is 13.5. The molecular formula is C14H13BrN2O2. The summed E-state index contributed by atoms with van der Waals surface area (Å²) >= 11 is 3.31. The number of nitrogens with one attached hydrogen (secondary N) is 1. The number of hydrogen-bond donors (Lipinski definition) is 1. The number of cyclic esters (lactones) is 1. The summed E-state index contributed by atoms with van der Waals surface area (Å²) in [6, 6.07) is 13.8. The van der Waals surface area contributed by atoms with Gasteiger partial charge in [0.2, 0.25) is 0 Å². The summed E-state index contributed by atoms with van der Waals surface area (Å²) < 4.78 is 5.66. The molecule has 1 aromatic carbocycles. The topological polar surface area (TPSA) is 51.2 Å². The number of aromatic nitrogens is 1. The largest absolute Gasteiger partial charge is 0.447 e. The van der Waals surface area contributed by atoms with Crippen LogP contribution >= 0.6 is 15.9 Å². The molecule has 98 valence electrons. The van der Waals surface area contributed by atoms with Gasteiger partial charge < -0.3 is 10.1 Å². The van der Waals surface area contributed by atoms with Gasteiger partial charge in [0.05, 0.1) is 6.04 Å². The van der Waals surface area contributed by atoms with Crippen LogP contribution < -0.4 is 5.32 Å². The SMILES string of the molecule is O=C1N[C@H](c2cncc(Br)c2)CO1.c1ccccc1. The van der Waals surface area contributed by atoms with E-state index in [0.717, 1.165) is 10.0 Å². The molecule has 1 atom stereocenters. The van der Waals surface area contributed by atoms with Crippen molar-refractivity contribution < 1.29 is 9.53 Å². The highest BCUT2D eigenvalue weighted by atomic mass is 79.9. The van der Waals surface area contributed by atoms with Gasteiger partial charge in [-0.25, -0.2) is 4.79 Å². The Balaban J connectivity index is 0.000000186. The van der Waals surface area contributed by atoms with Crippen molar-refractivity contribution in [3.05, 3.63) is 64.9 Å². The number of carbonyl (C=O) groups excluding carboxylic acids is 1. The molecule has 1 N–H and O–H groups in total. The van der Waals surface area contributed by atoms with E-state index in [1.807, 2.05) is 42.5 Å². The van der Waals surface area contributed by atoms with Crippen molar-refractivity contribution in [2.75, 3.05) is 6.61 Å².